The van der Waals surface area contributed by atoms with Crippen molar-refractivity contribution >= 4 is 24.2 Å². The molecule has 1 unspecified atom stereocenters. The van der Waals surface area contributed by atoms with Gasteiger partial charge in [0.1, 0.15) is 0 Å². The predicted octanol–water partition coefficient (Wildman–Crippen LogP) is -0.778. The van der Waals surface area contributed by atoms with Gasteiger partial charge < -0.3 is 15.5 Å². The van der Waals surface area contributed by atoms with Crippen LogP contribution in [-0.2, 0) is 9.59 Å². The number of carbonyl (C=O) groups is 2. The average molecular weight is 236 g/mol. The Kier molecular flexibility index (Phi) is 6.27. The normalized spacial score (nSPS) is 19.6. The Morgan fingerprint density at radius 3 is 2.60 bits per heavy atom. The Labute approximate surface area is 96.0 Å². The summed E-state index contributed by atoms with van der Waals surface area (Å²) < 4.78 is 0. The highest BCUT2D eigenvalue weighted by Gasteiger charge is 2.29. The van der Waals surface area contributed by atoms with E-state index in [9.17, 15) is 9.59 Å². The van der Waals surface area contributed by atoms with Crippen LogP contribution in [0.15, 0.2) is 0 Å². The lowest BCUT2D eigenvalue weighted by Crippen LogP contribution is -2.37. The van der Waals surface area contributed by atoms with Gasteiger partial charge >= 0.3 is 0 Å². The van der Waals surface area contributed by atoms with Crippen molar-refractivity contribution in [3.8, 4) is 0 Å². The third-order valence-corrected chi connectivity index (χ3v) is 2.49. The lowest BCUT2D eigenvalue weighted by Gasteiger charge is -2.15. The lowest BCUT2D eigenvalue weighted by molar-refractivity contribution is -0.129. The molecule has 1 atom stereocenters. The summed E-state index contributed by atoms with van der Waals surface area (Å²) in [5.74, 6) is 0.0736. The Bertz CT molecular complexity index is 235. The Morgan fingerprint density at radius 2 is 2.07 bits per heavy atom. The van der Waals surface area contributed by atoms with E-state index < -0.39 is 0 Å². The number of likely N-dealkylation sites (N-methyl/N-ethyl adjacent to an activating group) is 1. The van der Waals surface area contributed by atoms with Gasteiger partial charge in [-0.05, 0) is 13.5 Å². The molecule has 0 spiro atoms. The molecule has 1 rings (SSSR count). The lowest BCUT2D eigenvalue weighted by atomic mass is 10.1. The minimum atomic E-state index is -0.0270. The first-order valence-corrected chi connectivity index (χ1v) is 4.83. The summed E-state index contributed by atoms with van der Waals surface area (Å²) in [6, 6.07) is 0. The van der Waals surface area contributed by atoms with Crippen molar-refractivity contribution in [1.29, 1.82) is 0 Å². The van der Waals surface area contributed by atoms with Crippen LogP contribution >= 0.6 is 12.4 Å². The molecule has 15 heavy (non-hydrogen) atoms. The highest BCUT2D eigenvalue weighted by molar-refractivity contribution is 5.85. The van der Waals surface area contributed by atoms with E-state index in [1.807, 2.05) is 0 Å². The molecule has 1 aliphatic rings. The molecule has 0 bridgehead atoms. The number of hydrogen-bond acceptors (Lipinski definition) is 3. The summed E-state index contributed by atoms with van der Waals surface area (Å²) >= 11 is 0. The van der Waals surface area contributed by atoms with Crippen LogP contribution < -0.4 is 10.6 Å². The monoisotopic (exact) mass is 235 g/mol. The van der Waals surface area contributed by atoms with Crippen LogP contribution in [0.25, 0.3) is 0 Å². The fraction of sp³-hybridized carbons (Fsp3) is 0.778. The van der Waals surface area contributed by atoms with Crippen molar-refractivity contribution in [2.45, 2.75) is 6.42 Å². The van der Waals surface area contributed by atoms with Crippen LogP contribution in [0, 0.1) is 5.92 Å². The van der Waals surface area contributed by atoms with E-state index in [0.29, 0.717) is 19.6 Å². The van der Waals surface area contributed by atoms with Crippen LogP contribution in [0.1, 0.15) is 6.42 Å². The summed E-state index contributed by atoms with van der Waals surface area (Å²) in [5, 5.41) is 5.42. The number of halogens is 1. The van der Waals surface area contributed by atoms with Crippen molar-refractivity contribution in [3.63, 3.8) is 0 Å². The standard InChI is InChI=1S/C9H17N3O2.ClH/c1-10-5-8(13)12-4-3-7(6-12)9(14)11-2;/h7,10H,3-6H2,1-2H3,(H,11,14);1H. The second kappa shape index (κ2) is 6.63. The molecule has 0 aliphatic carbocycles. The van der Waals surface area contributed by atoms with Gasteiger partial charge in [-0.2, -0.15) is 0 Å². The van der Waals surface area contributed by atoms with E-state index in [0.717, 1.165) is 6.42 Å². The van der Waals surface area contributed by atoms with Crippen LogP contribution in [0.3, 0.4) is 0 Å². The molecule has 0 aromatic carbocycles. The fourth-order valence-electron chi connectivity index (χ4n) is 1.67. The second-order valence-electron chi connectivity index (χ2n) is 3.47. The van der Waals surface area contributed by atoms with Gasteiger partial charge in [-0.25, -0.2) is 0 Å². The van der Waals surface area contributed by atoms with Gasteiger partial charge in [0, 0.05) is 20.1 Å². The van der Waals surface area contributed by atoms with E-state index in [1.165, 1.54) is 0 Å². The SMILES string of the molecule is CNCC(=O)N1CCC(C(=O)NC)C1.Cl. The molecule has 88 valence electrons. The maximum absolute atomic E-state index is 11.4. The molecule has 1 fully saturated rings. The molecular formula is C9H18ClN3O2. The topological polar surface area (TPSA) is 61.4 Å². The summed E-state index contributed by atoms with van der Waals surface area (Å²) in [6.07, 6.45) is 0.773. The van der Waals surface area contributed by atoms with Crippen molar-refractivity contribution in [2.75, 3.05) is 33.7 Å². The smallest absolute Gasteiger partial charge is 0.236 e. The highest BCUT2D eigenvalue weighted by atomic mass is 35.5. The van der Waals surface area contributed by atoms with Crippen LogP contribution in [0.4, 0.5) is 0 Å². The van der Waals surface area contributed by atoms with Crippen LogP contribution in [-0.4, -0.2) is 50.4 Å². The number of amides is 2. The van der Waals surface area contributed by atoms with E-state index in [4.69, 9.17) is 0 Å². The van der Waals surface area contributed by atoms with Gasteiger partial charge in [-0.3, -0.25) is 9.59 Å². The van der Waals surface area contributed by atoms with Gasteiger partial charge in [0.15, 0.2) is 0 Å². The first-order chi connectivity index (χ1) is 6.69. The third kappa shape index (κ3) is 3.68. The Morgan fingerprint density at radius 1 is 1.40 bits per heavy atom. The molecule has 1 heterocycles. The fourth-order valence-corrected chi connectivity index (χ4v) is 1.67. The zero-order chi connectivity index (χ0) is 10.6. The number of likely N-dealkylation sites (tertiary alicyclic amines) is 1. The van der Waals surface area contributed by atoms with Gasteiger partial charge in [0.05, 0.1) is 12.5 Å². The van der Waals surface area contributed by atoms with Gasteiger partial charge in [-0.1, -0.05) is 0 Å². The molecule has 0 aromatic heterocycles. The molecule has 2 amide bonds. The van der Waals surface area contributed by atoms with E-state index in [2.05, 4.69) is 10.6 Å². The zero-order valence-electron chi connectivity index (χ0n) is 9.08. The molecule has 0 saturated carbocycles. The molecule has 6 heteroatoms. The first-order valence-electron chi connectivity index (χ1n) is 4.83. The van der Waals surface area contributed by atoms with Crippen molar-refractivity contribution < 1.29 is 9.59 Å². The van der Waals surface area contributed by atoms with Crippen LogP contribution in [0.2, 0.25) is 0 Å². The number of hydrogen-bond donors (Lipinski definition) is 2. The van der Waals surface area contributed by atoms with E-state index in [-0.39, 0.29) is 30.1 Å². The summed E-state index contributed by atoms with van der Waals surface area (Å²) in [6.45, 7) is 1.60. The van der Waals surface area contributed by atoms with Crippen molar-refractivity contribution in [3.05, 3.63) is 0 Å². The number of nitrogens with zero attached hydrogens (tertiary/aromatic N) is 1. The van der Waals surface area contributed by atoms with E-state index in [1.54, 1.807) is 19.0 Å². The summed E-state index contributed by atoms with van der Waals surface area (Å²) in [5.41, 5.74) is 0. The minimum absolute atomic E-state index is 0. The van der Waals surface area contributed by atoms with Crippen LogP contribution in [0.5, 0.6) is 0 Å². The van der Waals surface area contributed by atoms with Gasteiger partial charge in [0.2, 0.25) is 11.8 Å². The van der Waals surface area contributed by atoms with Gasteiger partial charge in [-0.15, -0.1) is 12.4 Å². The Balaban J connectivity index is 0.00000196. The summed E-state index contributed by atoms with van der Waals surface area (Å²) in [7, 11) is 3.37. The van der Waals surface area contributed by atoms with Crippen molar-refractivity contribution in [2.24, 2.45) is 5.92 Å². The van der Waals surface area contributed by atoms with Gasteiger partial charge in [0.25, 0.3) is 0 Å². The minimum Gasteiger partial charge on any atom is -0.359 e. The third-order valence-electron chi connectivity index (χ3n) is 2.49. The number of carbonyl (C=O) groups excluding carboxylic acids is 2. The maximum Gasteiger partial charge on any atom is 0.236 e. The molecular weight excluding hydrogens is 218 g/mol. The molecule has 2 N–H and O–H groups in total. The van der Waals surface area contributed by atoms with Crippen molar-refractivity contribution in [1.82, 2.24) is 15.5 Å². The highest BCUT2D eigenvalue weighted by Crippen LogP contribution is 2.15. The van der Waals surface area contributed by atoms with E-state index >= 15 is 0 Å². The number of rotatable bonds is 3. The first kappa shape index (κ1) is 14.2. The zero-order valence-corrected chi connectivity index (χ0v) is 9.89. The predicted molar refractivity (Wildman–Crippen MR) is 59.9 cm³/mol. The summed E-state index contributed by atoms with van der Waals surface area (Å²) in [4.78, 5) is 24.4. The molecule has 0 radical (unpaired) electrons. The molecule has 5 nitrogen and oxygen atoms in total. The molecule has 1 saturated heterocycles. The largest absolute Gasteiger partial charge is 0.359 e. The quantitative estimate of drug-likeness (QED) is 0.675. The maximum atomic E-state index is 11.4. The molecule has 1 aliphatic heterocycles. The second-order valence-corrected chi connectivity index (χ2v) is 3.47. The average Bonchev–Trinajstić information content (AvgIpc) is 2.66. The molecule has 0 aromatic rings. The Hall–Kier alpha value is -0.810. The number of nitrogens with one attached hydrogen (secondary N) is 2.